The Morgan fingerprint density at radius 2 is 2.06 bits per heavy atom. The van der Waals surface area contributed by atoms with Crippen molar-refractivity contribution in [1.29, 1.82) is 0 Å². The summed E-state index contributed by atoms with van der Waals surface area (Å²) in [5.74, 6) is 1.16. The number of hydrogen-bond acceptors (Lipinski definition) is 4. The fourth-order valence-electron chi connectivity index (χ4n) is 1.93. The largest absolute Gasteiger partial charge is 0.326 e. The molecule has 1 rings (SSSR count). The molecule has 1 aromatic rings. The van der Waals surface area contributed by atoms with E-state index in [0.717, 1.165) is 31.8 Å². The molecule has 104 valence electrons. The van der Waals surface area contributed by atoms with Crippen LogP contribution in [-0.4, -0.2) is 36.3 Å². The van der Waals surface area contributed by atoms with Gasteiger partial charge in [0, 0.05) is 23.2 Å². The van der Waals surface area contributed by atoms with Crippen molar-refractivity contribution in [2.75, 3.05) is 25.4 Å². The maximum atomic E-state index is 6.26. The van der Waals surface area contributed by atoms with Crippen LogP contribution in [0.4, 0.5) is 0 Å². The fraction of sp³-hybridized carbons (Fsp3) is 0.714. The van der Waals surface area contributed by atoms with Gasteiger partial charge in [0.1, 0.15) is 0 Å². The molecule has 2 unspecified atom stereocenters. The van der Waals surface area contributed by atoms with Gasteiger partial charge in [0.25, 0.3) is 0 Å². The SMILES string of the molecule is CCC(N)C(SCCN(CC)CC)c1cccs1. The van der Waals surface area contributed by atoms with Crippen molar-refractivity contribution < 1.29 is 0 Å². The van der Waals surface area contributed by atoms with Crippen LogP contribution in [0.15, 0.2) is 17.5 Å². The molecule has 0 bridgehead atoms. The van der Waals surface area contributed by atoms with Crippen molar-refractivity contribution in [2.24, 2.45) is 5.73 Å². The first-order chi connectivity index (χ1) is 8.72. The van der Waals surface area contributed by atoms with Gasteiger partial charge in [-0.2, -0.15) is 0 Å². The Morgan fingerprint density at radius 3 is 2.56 bits per heavy atom. The van der Waals surface area contributed by atoms with Crippen molar-refractivity contribution in [1.82, 2.24) is 4.90 Å². The zero-order valence-corrected chi connectivity index (χ0v) is 13.4. The van der Waals surface area contributed by atoms with Crippen molar-refractivity contribution in [3.63, 3.8) is 0 Å². The maximum absolute atomic E-state index is 6.26. The van der Waals surface area contributed by atoms with Gasteiger partial charge in [-0.05, 0) is 31.0 Å². The molecular weight excluding hydrogens is 260 g/mol. The highest BCUT2D eigenvalue weighted by atomic mass is 32.2. The minimum Gasteiger partial charge on any atom is -0.326 e. The summed E-state index contributed by atoms with van der Waals surface area (Å²) in [6.07, 6.45) is 1.04. The Balaban J connectivity index is 2.48. The van der Waals surface area contributed by atoms with E-state index in [0.29, 0.717) is 5.25 Å². The zero-order chi connectivity index (χ0) is 13.4. The molecular formula is C14H26N2S2. The first kappa shape index (κ1) is 16.0. The van der Waals surface area contributed by atoms with Crippen molar-refractivity contribution in [2.45, 2.75) is 38.5 Å². The van der Waals surface area contributed by atoms with Gasteiger partial charge in [-0.3, -0.25) is 0 Å². The lowest BCUT2D eigenvalue weighted by molar-refractivity contribution is 0.323. The van der Waals surface area contributed by atoms with Gasteiger partial charge < -0.3 is 10.6 Å². The molecule has 0 aliphatic rings. The van der Waals surface area contributed by atoms with Crippen LogP contribution < -0.4 is 5.73 Å². The summed E-state index contributed by atoms with van der Waals surface area (Å²) in [6.45, 7) is 10.1. The summed E-state index contributed by atoms with van der Waals surface area (Å²) < 4.78 is 0. The number of thioether (sulfide) groups is 1. The van der Waals surface area contributed by atoms with Crippen LogP contribution in [0.1, 0.15) is 37.3 Å². The third-order valence-electron chi connectivity index (χ3n) is 3.28. The molecule has 4 heteroatoms. The molecule has 18 heavy (non-hydrogen) atoms. The summed E-state index contributed by atoms with van der Waals surface area (Å²) in [4.78, 5) is 3.89. The van der Waals surface area contributed by atoms with Gasteiger partial charge in [0.05, 0.1) is 5.25 Å². The van der Waals surface area contributed by atoms with Gasteiger partial charge in [-0.25, -0.2) is 0 Å². The Morgan fingerprint density at radius 1 is 1.33 bits per heavy atom. The highest BCUT2D eigenvalue weighted by Crippen LogP contribution is 2.35. The third-order valence-corrected chi connectivity index (χ3v) is 5.77. The highest BCUT2D eigenvalue weighted by Gasteiger charge is 2.19. The predicted octanol–water partition coefficient (Wildman–Crippen LogP) is 3.60. The Kier molecular flexibility index (Phi) is 7.98. The lowest BCUT2D eigenvalue weighted by Gasteiger charge is -2.23. The molecule has 2 nitrogen and oxygen atoms in total. The van der Waals surface area contributed by atoms with Gasteiger partial charge in [0.2, 0.25) is 0 Å². The normalized spacial score (nSPS) is 14.9. The molecule has 2 N–H and O–H groups in total. The molecule has 0 amide bonds. The molecule has 0 saturated heterocycles. The van der Waals surface area contributed by atoms with Crippen LogP contribution in [0.3, 0.4) is 0 Å². The van der Waals surface area contributed by atoms with Crippen molar-refractivity contribution >= 4 is 23.1 Å². The molecule has 2 atom stereocenters. The fourth-order valence-corrected chi connectivity index (χ4v) is 4.38. The van der Waals surface area contributed by atoms with E-state index in [-0.39, 0.29) is 6.04 Å². The predicted molar refractivity (Wildman–Crippen MR) is 85.6 cm³/mol. The Bertz CT molecular complexity index is 297. The lowest BCUT2D eigenvalue weighted by atomic mass is 10.1. The first-order valence-corrected chi connectivity index (χ1v) is 8.78. The van der Waals surface area contributed by atoms with Crippen LogP contribution in [0.5, 0.6) is 0 Å². The summed E-state index contributed by atoms with van der Waals surface area (Å²) in [5.41, 5.74) is 6.26. The molecule has 0 aromatic carbocycles. The average molecular weight is 287 g/mol. The summed E-state index contributed by atoms with van der Waals surface area (Å²) in [5, 5.41) is 2.61. The lowest BCUT2D eigenvalue weighted by Crippen LogP contribution is -2.28. The van der Waals surface area contributed by atoms with E-state index in [4.69, 9.17) is 5.73 Å². The van der Waals surface area contributed by atoms with E-state index in [1.165, 1.54) is 4.88 Å². The maximum Gasteiger partial charge on any atom is 0.0542 e. The number of thiophene rings is 1. The second-order valence-electron chi connectivity index (χ2n) is 4.41. The number of rotatable bonds is 9. The van der Waals surface area contributed by atoms with E-state index >= 15 is 0 Å². The molecule has 0 aliphatic carbocycles. The second kappa shape index (κ2) is 8.97. The molecule has 0 fully saturated rings. The minimum atomic E-state index is 0.269. The van der Waals surface area contributed by atoms with Gasteiger partial charge in [-0.1, -0.05) is 26.8 Å². The Labute approximate surface area is 120 Å². The van der Waals surface area contributed by atoms with Crippen molar-refractivity contribution in [3.8, 4) is 0 Å². The second-order valence-corrected chi connectivity index (χ2v) is 6.63. The first-order valence-electron chi connectivity index (χ1n) is 6.85. The summed E-state index contributed by atoms with van der Waals surface area (Å²) >= 11 is 3.85. The quantitative estimate of drug-likeness (QED) is 0.752. The molecule has 0 saturated carbocycles. The molecule has 0 spiro atoms. The third kappa shape index (κ3) is 4.92. The van der Waals surface area contributed by atoms with Crippen LogP contribution >= 0.6 is 23.1 Å². The van der Waals surface area contributed by atoms with E-state index < -0.39 is 0 Å². The van der Waals surface area contributed by atoms with Gasteiger partial charge >= 0.3 is 0 Å². The topological polar surface area (TPSA) is 29.3 Å². The standard InChI is InChI=1S/C14H26N2S2/c1-4-12(15)14(13-8-7-10-17-13)18-11-9-16(5-2)6-3/h7-8,10,12,14H,4-6,9,11,15H2,1-3H3. The van der Waals surface area contributed by atoms with Crippen molar-refractivity contribution in [3.05, 3.63) is 22.4 Å². The van der Waals surface area contributed by atoms with Crippen LogP contribution in [0, 0.1) is 0 Å². The van der Waals surface area contributed by atoms with Crippen LogP contribution in [0.2, 0.25) is 0 Å². The average Bonchev–Trinajstić information content (AvgIpc) is 2.92. The van der Waals surface area contributed by atoms with E-state index in [9.17, 15) is 0 Å². The van der Waals surface area contributed by atoms with E-state index in [2.05, 4.69) is 43.2 Å². The smallest absolute Gasteiger partial charge is 0.0542 e. The van der Waals surface area contributed by atoms with Crippen LogP contribution in [-0.2, 0) is 0 Å². The zero-order valence-electron chi connectivity index (χ0n) is 11.8. The number of nitrogens with zero attached hydrogens (tertiary/aromatic N) is 1. The number of nitrogens with two attached hydrogens (primary N) is 1. The van der Waals surface area contributed by atoms with E-state index in [1.54, 1.807) is 0 Å². The molecule has 1 heterocycles. The van der Waals surface area contributed by atoms with E-state index in [1.807, 2.05) is 23.1 Å². The molecule has 1 aromatic heterocycles. The number of hydrogen-bond donors (Lipinski definition) is 1. The summed E-state index contributed by atoms with van der Waals surface area (Å²) in [6, 6.07) is 4.61. The van der Waals surface area contributed by atoms with Gasteiger partial charge in [0.15, 0.2) is 0 Å². The molecule has 0 radical (unpaired) electrons. The Hall–Kier alpha value is -0.0300. The van der Waals surface area contributed by atoms with Gasteiger partial charge in [-0.15, -0.1) is 23.1 Å². The molecule has 0 aliphatic heterocycles. The van der Waals surface area contributed by atoms with Crippen LogP contribution in [0.25, 0.3) is 0 Å². The minimum absolute atomic E-state index is 0.269. The summed E-state index contributed by atoms with van der Waals surface area (Å²) in [7, 11) is 0. The highest BCUT2D eigenvalue weighted by molar-refractivity contribution is 7.99. The monoisotopic (exact) mass is 286 g/mol.